The summed E-state index contributed by atoms with van der Waals surface area (Å²) in [6, 6.07) is 7.15. The van der Waals surface area contributed by atoms with Crippen molar-refractivity contribution in [2.75, 3.05) is 0 Å². The van der Waals surface area contributed by atoms with Crippen molar-refractivity contribution in [2.24, 2.45) is 0 Å². The zero-order valence-corrected chi connectivity index (χ0v) is 6.73. The number of aryl methyl sites for hydroxylation is 1. The van der Waals surface area contributed by atoms with Crippen LogP contribution in [0.3, 0.4) is 0 Å². The van der Waals surface area contributed by atoms with Crippen LogP contribution in [0.4, 0.5) is 0 Å². The number of phenolic OH excluding ortho intramolecular Hbond substituents is 1. The van der Waals surface area contributed by atoms with Crippen LogP contribution in [0, 0.1) is 6.92 Å². The third-order valence-electron chi connectivity index (χ3n) is 1.06. The molecule has 0 bridgehead atoms. The van der Waals surface area contributed by atoms with Crippen molar-refractivity contribution in [1.82, 2.24) is 0 Å². The predicted molar refractivity (Wildman–Crippen MR) is 45.0 cm³/mol. The second-order valence-electron chi connectivity index (χ2n) is 2.11. The highest BCUT2D eigenvalue weighted by Gasteiger charge is 1.83. The van der Waals surface area contributed by atoms with Crippen molar-refractivity contribution in [3.05, 3.63) is 29.8 Å². The first-order valence-electron chi connectivity index (χ1n) is 3.35. The second kappa shape index (κ2) is 6.09. The standard InChI is InChI=1S/C7H8O.C2H2O2/c1-6-3-2-4-7(8)5-6;3-1-2-4/h2-5,8H,1H3;1-2H. The zero-order chi connectivity index (χ0) is 9.40. The monoisotopic (exact) mass is 166 g/mol. The van der Waals surface area contributed by atoms with Gasteiger partial charge in [0.1, 0.15) is 5.75 Å². The Labute approximate surface area is 70.6 Å². The smallest absolute Gasteiger partial charge is 0.182 e. The molecule has 3 nitrogen and oxygen atoms in total. The molecule has 0 aliphatic heterocycles. The first-order chi connectivity index (χ1) is 5.70. The van der Waals surface area contributed by atoms with E-state index >= 15 is 0 Å². The summed E-state index contributed by atoms with van der Waals surface area (Å²) in [5.41, 5.74) is 1.09. The normalized spacial score (nSPS) is 7.75. The molecule has 1 aromatic rings. The van der Waals surface area contributed by atoms with Gasteiger partial charge in [-0.3, -0.25) is 9.59 Å². The molecule has 0 aliphatic rings. The van der Waals surface area contributed by atoms with Gasteiger partial charge in [0.25, 0.3) is 0 Å². The van der Waals surface area contributed by atoms with E-state index in [0.717, 1.165) is 5.56 Å². The molecule has 0 aromatic heterocycles. The van der Waals surface area contributed by atoms with Gasteiger partial charge >= 0.3 is 0 Å². The molecule has 0 atom stereocenters. The van der Waals surface area contributed by atoms with Gasteiger partial charge < -0.3 is 5.11 Å². The van der Waals surface area contributed by atoms with Crippen LogP contribution in [-0.4, -0.2) is 17.7 Å². The Morgan fingerprint density at radius 1 is 1.25 bits per heavy atom. The summed E-state index contributed by atoms with van der Waals surface area (Å²) in [4.78, 5) is 17.6. The molecule has 0 saturated carbocycles. The number of carbonyl (C=O) groups excluding carboxylic acids is 2. The maximum atomic E-state index is 8.81. The fourth-order valence-electron chi connectivity index (χ4n) is 0.628. The summed E-state index contributed by atoms with van der Waals surface area (Å²) < 4.78 is 0. The third kappa shape index (κ3) is 5.17. The highest BCUT2D eigenvalue weighted by molar-refractivity contribution is 6.09. The van der Waals surface area contributed by atoms with Gasteiger partial charge in [0.2, 0.25) is 0 Å². The van der Waals surface area contributed by atoms with E-state index in [9.17, 15) is 0 Å². The minimum atomic E-state index is 0.194. The van der Waals surface area contributed by atoms with Crippen LogP contribution in [0.2, 0.25) is 0 Å². The number of aromatic hydroxyl groups is 1. The average molecular weight is 166 g/mol. The summed E-state index contributed by atoms with van der Waals surface area (Å²) in [5.74, 6) is 0.338. The summed E-state index contributed by atoms with van der Waals surface area (Å²) in [5, 5.41) is 8.81. The van der Waals surface area contributed by atoms with E-state index in [2.05, 4.69) is 0 Å². The largest absolute Gasteiger partial charge is 0.508 e. The lowest BCUT2D eigenvalue weighted by Gasteiger charge is -1.89. The summed E-state index contributed by atoms with van der Waals surface area (Å²) in [6.07, 6.45) is 0.389. The topological polar surface area (TPSA) is 54.4 Å². The number of carbonyl (C=O) groups is 2. The first-order valence-corrected chi connectivity index (χ1v) is 3.35. The molecule has 0 heterocycles. The molecule has 64 valence electrons. The van der Waals surface area contributed by atoms with Crippen LogP contribution < -0.4 is 0 Å². The van der Waals surface area contributed by atoms with Crippen LogP contribution in [0.1, 0.15) is 5.56 Å². The molecular formula is C9H10O3. The summed E-state index contributed by atoms with van der Waals surface area (Å²) in [7, 11) is 0. The van der Waals surface area contributed by atoms with E-state index in [1.54, 1.807) is 12.1 Å². The number of benzene rings is 1. The van der Waals surface area contributed by atoms with E-state index in [4.69, 9.17) is 14.7 Å². The van der Waals surface area contributed by atoms with E-state index in [-0.39, 0.29) is 12.6 Å². The number of hydrogen-bond acceptors (Lipinski definition) is 3. The summed E-state index contributed by atoms with van der Waals surface area (Å²) >= 11 is 0. The molecule has 0 spiro atoms. The van der Waals surface area contributed by atoms with Gasteiger partial charge in [-0.1, -0.05) is 12.1 Å². The molecule has 12 heavy (non-hydrogen) atoms. The van der Waals surface area contributed by atoms with Gasteiger partial charge in [0.15, 0.2) is 12.6 Å². The van der Waals surface area contributed by atoms with Crippen LogP contribution >= 0.6 is 0 Å². The molecule has 0 fully saturated rings. The van der Waals surface area contributed by atoms with Gasteiger partial charge in [0.05, 0.1) is 0 Å². The minimum Gasteiger partial charge on any atom is -0.508 e. The molecule has 1 N–H and O–H groups in total. The maximum Gasteiger partial charge on any atom is 0.182 e. The molecule has 1 rings (SSSR count). The van der Waals surface area contributed by atoms with Crippen molar-refractivity contribution in [3.8, 4) is 5.75 Å². The van der Waals surface area contributed by atoms with Crippen LogP contribution in [-0.2, 0) is 9.59 Å². The second-order valence-corrected chi connectivity index (χ2v) is 2.11. The third-order valence-corrected chi connectivity index (χ3v) is 1.06. The lowest BCUT2D eigenvalue weighted by Crippen LogP contribution is -1.66. The van der Waals surface area contributed by atoms with Gasteiger partial charge in [-0.25, -0.2) is 0 Å². The Hall–Kier alpha value is -1.64. The lowest BCUT2D eigenvalue weighted by atomic mass is 10.2. The van der Waals surface area contributed by atoms with E-state index in [1.165, 1.54) is 0 Å². The number of aldehydes is 2. The van der Waals surface area contributed by atoms with Gasteiger partial charge in [0, 0.05) is 0 Å². The van der Waals surface area contributed by atoms with E-state index in [1.807, 2.05) is 19.1 Å². The Kier molecular flexibility index (Phi) is 5.26. The molecule has 3 heteroatoms. The molecular weight excluding hydrogens is 156 g/mol. The molecule has 0 aliphatic carbocycles. The molecule has 0 radical (unpaired) electrons. The Bertz CT molecular complexity index is 232. The van der Waals surface area contributed by atoms with E-state index in [0.29, 0.717) is 5.75 Å². The Morgan fingerprint density at radius 2 is 1.83 bits per heavy atom. The van der Waals surface area contributed by atoms with Crippen molar-refractivity contribution >= 4 is 12.6 Å². The lowest BCUT2D eigenvalue weighted by molar-refractivity contribution is -0.122. The van der Waals surface area contributed by atoms with Gasteiger partial charge in [-0.2, -0.15) is 0 Å². The quantitative estimate of drug-likeness (QED) is 0.501. The van der Waals surface area contributed by atoms with Crippen molar-refractivity contribution in [1.29, 1.82) is 0 Å². The average Bonchev–Trinajstić information content (AvgIpc) is 2.04. The van der Waals surface area contributed by atoms with E-state index < -0.39 is 0 Å². The fourth-order valence-corrected chi connectivity index (χ4v) is 0.628. The van der Waals surface area contributed by atoms with Crippen molar-refractivity contribution in [2.45, 2.75) is 6.92 Å². The zero-order valence-electron chi connectivity index (χ0n) is 6.73. The predicted octanol–water partition coefficient (Wildman–Crippen LogP) is 1.08. The van der Waals surface area contributed by atoms with Gasteiger partial charge in [-0.05, 0) is 24.6 Å². The molecule has 1 aromatic carbocycles. The molecule has 0 saturated heterocycles. The first kappa shape index (κ1) is 10.4. The number of hydrogen-bond donors (Lipinski definition) is 1. The maximum absolute atomic E-state index is 8.81. The Balaban J connectivity index is 0.000000261. The molecule has 0 unspecified atom stereocenters. The SMILES string of the molecule is Cc1cccc(O)c1.O=CC=O. The summed E-state index contributed by atoms with van der Waals surface area (Å²) in [6.45, 7) is 1.94. The van der Waals surface area contributed by atoms with Crippen molar-refractivity contribution in [3.63, 3.8) is 0 Å². The van der Waals surface area contributed by atoms with Gasteiger partial charge in [-0.15, -0.1) is 0 Å². The number of phenols is 1. The fraction of sp³-hybridized carbons (Fsp3) is 0.111. The Morgan fingerprint density at radius 3 is 2.08 bits per heavy atom. The molecule has 0 amide bonds. The number of rotatable bonds is 1. The highest BCUT2D eigenvalue weighted by Crippen LogP contribution is 2.08. The minimum absolute atomic E-state index is 0.194. The van der Waals surface area contributed by atoms with Crippen molar-refractivity contribution < 1.29 is 14.7 Å². The highest BCUT2D eigenvalue weighted by atomic mass is 16.3. The van der Waals surface area contributed by atoms with Crippen LogP contribution in [0.5, 0.6) is 5.75 Å². The van der Waals surface area contributed by atoms with Crippen LogP contribution in [0.15, 0.2) is 24.3 Å². The van der Waals surface area contributed by atoms with Crippen LogP contribution in [0.25, 0.3) is 0 Å².